The van der Waals surface area contributed by atoms with Crippen molar-refractivity contribution in [2.45, 2.75) is 17.5 Å². The van der Waals surface area contributed by atoms with Crippen LogP contribution in [0.25, 0.3) is 0 Å². The Bertz CT molecular complexity index is 1050. The highest BCUT2D eigenvalue weighted by molar-refractivity contribution is 7.92. The number of hydrogen-bond acceptors (Lipinski definition) is 5. The van der Waals surface area contributed by atoms with Crippen LogP contribution in [0.15, 0.2) is 57.9 Å². The van der Waals surface area contributed by atoms with Gasteiger partial charge in [0.1, 0.15) is 10.7 Å². The van der Waals surface area contributed by atoms with Crippen LogP contribution in [0.1, 0.15) is 17.3 Å². The van der Waals surface area contributed by atoms with Gasteiger partial charge in [-0.25, -0.2) is 12.8 Å². The summed E-state index contributed by atoms with van der Waals surface area (Å²) in [5, 5.41) is 3.25. The second-order valence-corrected chi connectivity index (χ2v) is 7.07. The molecule has 1 heterocycles. The number of aromatic nitrogens is 2. The molecule has 1 N–H and O–H groups in total. The van der Waals surface area contributed by atoms with Gasteiger partial charge in [0, 0.05) is 12.1 Å². The Morgan fingerprint density at radius 1 is 1.04 bits per heavy atom. The van der Waals surface area contributed by atoms with Crippen LogP contribution in [-0.4, -0.2) is 18.6 Å². The van der Waals surface area contributed by atoms with Gasteiger partial charge < -0.3 is 4.52 Å². The largest absolute Gasteiger partial charge is 0.471 e. The summed E-state index contributed by atoms with van der Waals surface area (Å²) in [6.45, 7) is 0. The minimum Gasteiger partial charge on any atom is -0.329 e. The molecular formula is C16H11F4N3O3S. The van der Waals surface area contributed by atoms with Crippen LogP contribution in [0, 0.1) is 5.82 Å². The maximum atomic E-state index is 13.7. The Balaban J connectivity index is 1.72. The molecule has 0 amide bonds. The van der Waals surface area contributed by atoms with Gasteiger partial charge in [0.15, 0.2) is 5.82 Å². The molecule has 0 unspecified atom stereocenters. The van der Waals surface area contributed by atoms with Crippen LogP contribution in [0.3, 0.4) is 0 Å². The Morgan fingerprint density at radius 3 is 2.30 bits per heavy atom. The molecule has 1 aromatic heterocycles. The van der Waals surface area contributed by atoms with Crippen molar-refractivity contribution in [1.29, 1.82) is 0 Å². The number of alkyl halides is 3. The fourth-order valence-corrected chi connectivity index (χ4v) is 3.33. The Morgan fingerprint density at radius 2 is 1.70 bits per heavy atom. The summed E-state index contributed by atoms with van der Waals surface area (Å²) in [6.07, 6.45) is -4.76. The molecule has 0 radical (unpaired) electrons. The van der Waals surface area contributed by atoms with E-state index in [0.717, 1.165) is 12.1 Å². The molecule has 142 valence electrons. The standard InChI is InChI=1S/C16H11F4N3O3S/c17-12-3-1-2-4-13(12)27(24,25)23-11-7-5-10(6-8-11)9-14-21-15(26-22-14)16(18,19)20/h1-8,23H,9H2. The molecule has 0 fully saturated rings. The second-order valence-electron chi connectivity index (χ2n) is 5.42. The summed E-state index contributed by atoms with van der Waals surface area (Å²) in [5.74, 6) is -2.49. The number of benzene rings is 2. The molecule has 0 saturated heterocycles. The topological polar surface area (TPSA) is 85.1 Å². The Kier molecular flexibility index (Phi) is 4.87. The van der Waals surface area contributed by atoms with Crippen molar-refractivity contribution in [2.24, 2.45) is 0 Å². The van der Waals surface area contributed by atoms with E-state index in [4.69, 9.17) is 0 Å². The highest BCUT2D eigenvalue weighted by atomic mass is 32.2. The third-order valence-corrected chi connectivity index (χ3v) is 4.82. The molecule has 3 aromatic rings. The summed E-state index contributed by atoms with van der Waals surface area (Å²) in [5.41, 5.74) is 0.685. The van der Waals surface area contributed by atoms with Crippen LogP contribution in [0.5, 0.6) is 0 Å². The number of rotatable bonds is 5. The van der Waals surface area contributed by atoms with Crippen molar-refractivity contribution in [3.63, 3.8) is 0 Å². The van der Waals surface area contributed by atoms with Gasteiger partial charge in [-0.2, -0.15) is 18.2 Å². The first kappa shape index (κ1) is 18.8. The monoisotopic (exact) mass is 401 g/mol. The number of anilines is 1. The number of halogens is 4. The van der Waals surface area contributed by atoms with E-state index in [1.807, 2.05) is 0 Å². The van der Waals surface area contributed by atoms with Crippen LogP contribution in [0.4, 0.5) is 23.2 Å². The van der Waals surface area contributed by atoms with Gasteiger partial charge in [0.05, 0.1) is 0 Å². The van der Waals surface area contributed by atoms with Gasteiger partial charge in [-0.15, -0.1) is 0 Å². The fourth-order valence-electron chi connectivity index (χ4n) is 2.19. The maximum absolute atomic E-state index is 13.7. The molecule has 0 aliphatic carbocycles. The summed E-state index contributed by atoms with van der Waals surface area (Å²) >= 11 is 0. The molecule has 3 rings (SSSR count). The minimum absolute atomic E-state index is 0.0417. The highest BCUT2D eigenvalue weighted by Crippen LogP contribution is 2.27. The average molecular weight is 401 g/mol. The van der Waals surface area contributed by atoms with Gasteiger partial charge in [0.25, 0.3) is 10.0 Å². The minimum atomic E-state index is -4.72. The van der Waals surface area contributed by atoms with Crippen molar-refractivity contribution in [1.82, 2.24) is 10.1 Å². The van der Waals surface area contributed by atoms with Crippen molar-refractivity contribution in [2.75, 3.05) is 4.72 Å². The normalized spacial score (nSPS) is 12.1. The molecule has 0 spiro atoms. The van der Waals surface area contributed by atoms with E-state index < -0.39 is 32.8 Å². The number of hydrogen-bond donors (Lipinski definition) is 1. The molecule has 0 aliphatic heterocycles. The Labute approximate surface area is 150 Å². The maximum Gasteiger partial charge on any atom is 0.471 e. The van der Waals surface area contributed by atoms with E-state index in [1.165, 1.54) is 36.4 Å². The van der Waals surface area contributed by atoms with E-state index in [2.05, 4.69) is 19.4 Å². The first-order valence-electron chi connectivity index (χ1n) is 7.41. The van der Waals surface area contributed by atoms with E-state index in [-0.39, 0.29) is 17.9 Å². The molecule has 6 nitrogen and oxygen atoms in total. The SMILES string of the molecule is O=S(=O)(Nc1ccc(Cc2noc(C(F)(F)F)n2)cc1)c1ccccc1F. The lowest BCUT2D eigenvalue weighted by Gasteiger charge is -2.09. The zero-order valence-corrected chi connectivity index (χ0v) is 14.2. The smallest absolute Gasteiger partial charge is 0.329 e. The van der Waals surface area contributed by atoms with Crippen LogP contribution >= 0.6 is 0 Å². The van der Waals surface area contributed by atoms with Gasteiger partial charge in [-0.05, 0) is 29.8 Å². The van der Waals surface area contributed by atoms with Crippen molar-refractivity contribution >= 4 is 15.7 Å². The summed E-state index contributed by atoms with van der Waals surface area (Å²) < 4.78 is 81.7. The van der Waals surface area contributed by atoms with E-state index >= 15 is 0 Å². The van der Waals surface area contributed by atoms with E-state index in [0.29, 0.717) is 5.56 Å². The van der Waals surface area contributed by atoms with Crippen molar-refractivity contribution in [3.8, 4) is 0 Å². The molecule has 0 bridgehead atoms. The molecular weight excluding hydrogens is 390 g/mol. The zero-order valence-electron chi connectivity index (χ0n) is 13.4. The third-order valence-electron chi connectivity index (χ3n) is 3.41. The van der Waals surface area contributed by atoms with E-state index in [9.17, 15) is 26.0 Å². The Hall–Kier alpha value is -2.95. The first-order chi connectivity index (χ1) is 12.6. The lowest BCUT2D eigenvalue weighted by atomic mass is 10.1. The fraction of sp³-hybridized carbons (Fsp3) is 0.125. The molecule has 0 aliphatic rings. The lowest BCUT2D eigenvalue weighted by molar-refractivity contribution is -0.159. The number of sulfonamides is 1. The molecule has 27 heavy (non-hydrogen) atoms. The van der Waals surface area contributed by atoms with E-state index in [1.54, 1.807) is 0 Å². The average Bonchev–Trinajstić information content (AvgIpc) is 3.05. The third kappa shape index (κ3) is 4.42. The summed E-state index contributed by atoms with van der Waals surface area (Å²) in [4.78, 5) is 2.75. The van der Waals surface area contributed by atoms with Crippen molar-refractivity contribution in [3.05, 3.63) is 71.6 Å². The highest BCUT2D eigenvalue weighted by Gasteiger charge is 2.38. The van der Waals surface area contributed by atoms with Crippen LogP contribution in [-0.2, 0) is 22.6 Å². The van der Waals surface area contributed by atoms with Gasteiger partial charge in [-0.1, -0.05) is 29.4 Å². The number of nitrogens with zero attached hydrogens (tertiary/aromatic N) is 2. The van der Waals surface area contributed by atoms with Crippen LogP contribution in [0.2, 0.25) is 0 Å². The van der Waals surface area contributed by atoms with Gasteiger partial charge in [-0.3, -0.25) is 4.72 Å². The number of nitrogens with one attached hydrogen (secondary N) is 1. The predicted molar refractivity (Wildman–Crippen MR) is 85.8 cm³/mol. The second kappa shape index (κ2) is 6.99. The van der Waals surface area contributed by atoms with Crippen LogP contribution < -0.4 is 4.72 Å². The summed E-state index contributed by atoms with van der Waals surface area (Å²) in [7, 11) is -4.12. The molecule has 0 atom stereocenters. The lowest BCUT2D eigenvalue weighted by Crippen LogP contribution is -2.14. The quantitative estimate of drug-likeness (QED) is 0.660. The predicted octanol–water partition coefficient (Wildman–Crippen LogP) is 3.62. The summed E-state index contributed by atoms with van der Waals surface area (Å²) in [6, 6.07) is 10.6. The molecule has 0 saturated carbocycles. The zero-order chi connectivity index (χ0) is 19.7. The van der Waals surface area contributed by atoms with Gasteiger partial charge in [0.2, 0.25) is 0 Å². The molecule has 11 heteroatoms. The van der Waals surface area contributed by atoms with Crippen molar-refractivity contribution < 1.29 is 30.5 Å². The first-order valence-corrected chi connectivity index (χ1v) is 8.89. The molecule has 2 aromatic carbocycles. The van der Waals surface area contributed by atoms with Gasteiger partial charge >= 0.3 is 12.1 Å².